The van der Waals surface area contributed by atoms with Crippen LogP contribution < -0.4 is 4.72 Å². The quantitative estimate of drug-likeness (QED) is 0.849. The third-order valence-electron chi connectivity index (χ3n) is 2.04. The first-order valence-electron chi connectivity index (χ1n) is 4.59. The zero-order valence-electron chi connectivity index (χ0n) is 8.60. The Balaban J connectivity index is 2.81. The average molecular weight is 312 g/mol. The van der Waals surface area contributed by atoms with Crippen molar-refractivity contribution < 1.29 is 8.42 Å². The van der Waals surface area contributed by atoms with Gasteiger partial charge in [-0.3, -0.25) is 0 Å². The van der Waals surface area contributed by atoms with Crippen molar-refractivity contribution in [1.29, 1.82) is 0 Å². The predicted octanol–water partition coefficient (Wildman–Crippen LogP) is 2.45. The van der Waals surface area contributed by atoms with Crippen molar-refractivity contribution in [1.82, 2.24) is 4.72 Å². The molecule has 3 nitrogen and oxygen atoms in total. The number of thiophene rings is 1. The highest BCUT2D eigenvalue weighted by Gasteiger charge is 2.22. The molecule has 0 saturated heterocycles. The molecule has 1 N–H and O–H groups in total. The summed E-state index contributed by atoms with van der Waals surface area (Å²) in [5.41, 5.74) is 0. The molecule has 0 aliphatic heterocycles. The topological polar surface area (TPSA) is 46.2 Å². The lowest BCUT2D eigenvalue weighted by molar-refractivity contribution is 0.484. The third kappa shape index (κ3) is 3.55. The van der Waals surface area contributed by atoms with E-state index in [1.807, 2.05) is 13.8 Å². The van der Waals surface area contributed by atoms with E-state index in [2.05, 4.69) is 20.7 Å². The second kappa shape index (κ2) is 5.43. The van der Waals surface area contributed by atoms with E-state index in [4.69, 9.17) is 0 Å². The molecule has 1 heterocycles. The summed E-state index contributed by atoms with van der Waals surface area (Å²) < 4.78 is 26.7. The smallest absolute Gasteiger partial charge is 0.206 e. The number of hydrogen-bond donors (Lipinski definition) is 1. The van der Waals surface area contributed by atoms with Gasteiger partial charge in [0.15, 0.2) is 0 Å². The molecular weight excluding hydrogens is 298 g/mol. The first-order chi connectivity index (χ1) is 6.97. The molecule has 0 spiro atoms. The Labute approximate surface area is 103 Å². The summed E-state index contributed by atoms with van der Waals surface area (Å²) in [6.45, 7) is 3.98. The van der Waals surface area contributed by atoms with Gasteiger partial charge in [0.25, 0.3) is 0 Å². The fourth-order valence-electron chi connectivity index (χ4n) is 1.02. The van der Waals surface area contributed by atoms with Gasteiger partial charge in [0, 0.05) is 11.4 Å². The lowest BCUT2D eigenvalue weighted by Gasteiger charge is -2.19. The van der Waals surface area contributed by atoms with Crippen molar-refractivity contribution in [2.45, 2.75) is 24.1 Å². The number of alkyl halides is 1. The highest BCUT2D eigenvalue weighted by molar-refractivity contribution is 9.09. The molecule has 15 heavy (non-hydrogen) atoms. The molecule has 0 bridgehead atoms. The Hall–Kier alpha value is 0.0900. The monoisotopic (exact) mass is 311 g/mol. The standard InChI is InChI=1S/C9H14BrNO2S2/c1-7(2)8(6-10)11-15(12,13)9-4-3-5-14-9/h3-5,7-8,11H,6H2,1-2H3. The van der Waals surface area contributed by atoms with E-state index in [1.54, 1.807) is 17.5 Å². The summed E-state index contributed by atoms with van der Waals surface area (Å²) in [6, 6.07) is 3.27. The van der Waals surface area contributed by atoms with E-state index in [0.717, 1.165) is 0 Å². The van der Waals surface area contributed by atoms with Gasteiger partial charge in [-0.1, -0.05) is 35.8 Å². The Morgan fingerprint density at radius 1 is 1.53 bits per heavy atom. The first kappa shape index (κ1) is 13.2. The molecule has 0 fully saturated rings. The summed E-state index contributed by atoms with van der Waals surface area (Å²) >= 11 is 4.54. The van der Waals surface area contributed by atoms with E-state index < -0.39 is 10.0 Å². The summed E-state index contributed by atoms with van der Waals surface area (Å²) in [6.07, 6.45) is 0. The van der Waals surface area contributed by atoms with Crippen LogP contribution in [0, 0.1) is 5.92 Å². The normalized spacial score (nSPS) is 14.4. The molecule has 86 valence electrons. The molecule has 0 aromatic carbocycles. The highest BCUT2D eigenvalue weighted by Crippen LogP contribution is 2.17. The van der Waals surface area contributed by atoms with Crippen LogP contribution >= 0.6 is 27.3 Å². The van der Waals surface area contributed by atoms with Crippen LogP contribution in [0.1, 0.15) is 13.8 Å². The Morgan fingerprint density at radius 3 is 2.60 bits per heavy atom. The first-order valence-corrected chi connectivity index (χ1v) is 8.07. The molecule has 1 aromatic heterocycles. The second-order valence-corrected chi connectivity index (χ2v) is 7.09. The van der Waals surface area contributed by atoms with E-state index in [9.17, 15) is 8.42 Å². The minimum absolute atomic E-state index is 0.0721. The van der Waals surface area contributed by atoms with Crippen LogP contribution in [0.15, 0.2) is 21.7 Å². The van der Waals surface area contributed by atoms with E-state index >= 15 is 0 Å². The molecule has 0 aliphatic carbocycles. The van der Waals surface area contributed by atoms with Gasteiger partial charge in [0.05, 0.1) is 0 Å². The van der Waals surface area contributed by atoms with Crippen molar-refractivity contribution in [3.63, 3.8) is 0 Å². The maximum atomic E-state index is 11.8. The molecule has 1 rings (SSSR count). The van der Waals surface area contributed by atoms with Gasteiger partial charge in [-0.05, 0) is 17.4 Å². The fraction of sp³-hybridized carbons (Fsp3) is 0.556. The zero-order chi connectivity index (χ0) is 11.5. The van der Waals surface area contributed by atoms with E-state index in [0.29, 0.717) is 9.54 Å². The van der Waals surface area contributed by atoms with Gasteiger partial charge >= 0.3 is 0 Å². The summed E-state index contributed by atoms with van der Waals surface area (Å²) in [5, 5.41) is 2.38. The largest absolute Gasteiger partial charge is 0.250 e. The molecule has 0 amide bonds. The summed E-state index contributed by atoms with van der Waals surface area (Å²) in [5.74, 6) is 0.263. The Bertz CT molecular complexity index is 386. The van der Waals surface area contributed by atoms with Crippen molar-refractivity contribution >= 4 is 37.3 Å². The lowest BCUT2D eigenvalue weighted by atomic mass is 10.1. The minimum atomic E-state index is -3.33. The molecular formula is C9H14BrNO2S2. The number of sulfonamides is 1. The maximum absolute atomic E-state index is 11.8. The van der Waals surface area contributed by atoms with Crippen molar-refractivity contribution in [2.75, 3.05) is 5.33 Å². The second-order valence-electron chi connectivity index (χ2n) is 3.56. The van der Waals surface area contributed by atoms with Gasteiger partial charge in [-0.25, -0.2) is 13.1 Å². The van der Waals surface area contributed by atoms with Gasteiger partial charge in [0.2, 0.25) is 10.0 Å². The average Bonchev–Trinajstić information content (AvgIpc) is 2.67. The lowest BCUT2D eigenvalue weighted by Crippen LogP contribution is -2.39. The van der Waals surface area contributed by atoms with Gasteiger partial charge < -0.3 is 0 Å². The van der Waals surface area contributed by atoms with Crippen LogP contribution in [0.4, 0.5) is 0 Å². The molecule has 1 unspecified atom stereocenters. The highest BCUT2D eigenvalue weighted by atomic mass is 79.9. The molecule has 0 saturated carbocycles. The van der Waals surface area contributed by atoms with Crippen LogP contribution in [0.5, 0.6) is 0 Å². The van der Waals surface area contributed by atoms with Crippen LogP contribution in [0.3, 0.4) is 0 Å². The van der Waals surface area contributed by atoms with Crippen LogP contribution in [0.25, 0.3) is 0 Å². The molecule has 1 atom stereocenters. The Kier molecular flexibility index (Phi) is 4.76. The van der Waals surface area contributed by atoms with Crippen LogP contribution in [0.2, 0.25) is 0 Å². The molecule has 0 aliphatic rings. The van der Waals surface area contributed by atoms with Crippen LogP contribution in [-0.2, 0) is 10.0 Å². The molecule has 1 aromatic rings. The van der Waals surface area contributed by atoms with Crippen molar-refractivity contribution in [3.05, 3.63) is 17.5 Å². The fourth-order valence-corrected chi connectivity index (χ4v) is 4.54. The zero-order valence-corrected chi connectivity index (χ0v) is 11.8. The molecule has 6 heteroatoms. The number of halogens is 1. The minimum Gasteiger partial charge on any atom is -0.206 e. The van der Waals surface area contributed by atoms with Gasteiger partial charge in [-0.2, -0.15) is 0 Å². The molecule has 0 radical (unpaired) electrons. The van der Waals surface area contributed by atoms with Crippen molar-refractivity contribution in [3.8, 4) is 0 Å². The summed E-state index contributed by atoms with van der Waals surface area (Å²) in [4.78, 5) is 0. The number of nitrogens with one attached hydrogen (secondary N) is 1. The van der Waals surface area contributed by atoms with E-state index in [1.165, 1.54) is 11.3 Å². The maximum Gasteiger partial charge on any atom is 0.250 e. The number of rotatable bonds is 5. The van der Waals surface area contributed by atoms with Crippen LogP contribution in [-0.4, -0.2) is 19.8 Å². The SMILES string of the molecule is CC(C)C(CBr)NS(=O)(=O)c1cccs1. The van der Waals surface area contributed by atoms with E-state index in [-0.39, 0.29) is 12.0 Å². The van der Waals surface area contributed by atoms with Gasteiger partial charge in [0.1, 0.15) is 4.21 Å². The predicted molar refractivity (Wildman–Crippen MR) is 67.1 cm³/mol. The third-order valence-corrected chi connectivity index (χ3v) is 5.62. The summed E-state index contributed by atoms with van der Waals surface area (Å²) in [7, 11) is -3.33. The number of hydrogen-bond acceptors (Lipinski definition) is 3. The van der Waals surface area contributed by atoms with Gasteiger partial charge in [-0.15, -0.1) is 11.3 Å². The van der Waals surface area contributed by atoms with Crippen molar-refractivity contribution in [2.24, 2.45) is 5.92 Å². The Morgan fingerprint density at radius 2 is 2.20 bits per heavy atom.